The molecule has 4 aromatic rings. The highest BCUT2D eigenvalue weighted by Crippen LogP contribution is 2.28. The molecule has 9 heteroatoms. The number of amides is 2. The number of methoxy groups -OCH3 is 2. The van der Waals surface area contributed by atoms with Crippen LogP contribution in [0.25, 0.3) is 16.9 Å². The Morgan fingerprint density at radius 1 is 0.949 bits per heavy atom. The van der Waals surface area contributed by atoms with E-state index in [-0.39, 0.29) is 18.4 Å². The highest BCUT2D eigenvalue weighted by atomic mass is 35.5. The standard InChI is InChI=1S/C30H31ClN4O4/c1-4-5-15-34(30(37)22-16-23(38-2)18-24(17-22)39-3)20-29(36)32-28-19-26(21-11-7-6-8-12-21)33-35(28)27-14-10-9-13-25(27)31/h6-14,16-19H,4-5,15,20H2,1-3H3,(H,32,36). The van der Waals surface area contributed by atoms with Gasteiger partial charge in [0.25, 0.3) is 5.91 Å². The van der Waals surface area contributed by atoms with Gasteiger partial charge in [0, 0.05) is 29.8 Å². The maximum absolute atomic E-state index is 13.5. The third-order valence-electron chi connectivity index (χ3n) is 6.13. The lowest BCUT2D eigenvalue weighted by Crippen LogP contribution is -2.39. The largest absolute Gasteiger partial charge is 0.497 e. The van der Waals surface area contributed by atoms with Gasteiger partial charge in [-0.3, -0.25) is 9.59 Å². The van der Waals surface area contributed by atoms with Crippen LogP contribution in [0.3, 0.4) is 0 Å². The van der Waals surface area contributed by atoms with E-state index < -0.39 is 0 Å². The fraction of sp³-hybridized carbons (Fsp3) is 0.233. The van der Waals surface area contributed by atoms with E-state index in [0.29, 0.717) is 45.8 Å². The highest BCUT2D eigenvalue weighted by Gasteiger charge is 2.22. The van der Waals surface area contributed by atoms with Crippen LogP contribution >= 0.6 is 11.6 Å². The molecule has 202 valence electrons. The van der Waals surface area contributed by atoms with Crippen molar-refractivity contribution in [2.45, 2.75) is 19.8 Å². The van der Waals surface area contributed by atoms with Gasteiger partial charge in [-0.1, -0.05) is 67.4 Å². The first-order valence-electron chi connectivity index (χ1n) is 12.7. The van der Waals surface area contributed by atoms with E-state index in [1.807, 2.05) is 55.5 Å². The summed E-state index contributed by atoms with van der Waals surface area (Å²) in [6.07, 6.45) is 1.61. The van der Waals surface area contributed by atoms with Crippen molar-refractivity contribution in [2.24, 2.45) is 0 Å². The summed E-state index contributed by atoms with van der Waals surface area (Å²) in [6.45, 7) is 2.30. The van der Waals surface area contributed by atoms with Gasteiger partial charge in [-0.2, -0.15) is 5.10 Å². The van der Waals surface area contributed by atoms with Crippen LogP contribution in [-0.2, 0) is 4.79 Å². The number of nitrogens with zero attached hydrogens (tertiary/aromatic N) is 3. The van der Waals surface area contributed by atoms with Crippen LogP contribution in [-0.4, -0.2) is 53.8 Å². The molecule has 8 nitrogen and oxygen atoms in total. The minimum Gasteiger partial charge on any atom is -0.497 e. The fourth-order valence-electron chi connectivity index (χ4n) is 4.10. The van der Waals surface area contributed by atoms with Gasteiger partial charge >= 0.3 is 0 Å². The number of hydrogen-bond donors (Lipinski definition) is 1. The lowest BCUT2D eigenvalue weighted by molar-refractivity contribution is -0.116. The second-order valence-corrected chi connectivity index (χ2v) is 9.28. The number of anilines is 1. The summed E-state index contributed by atoms with van der Waals surface area (Å²) in [6, 6.07) is 23.7. The summed E-state index contributed by atoms with van der Waals surface area (Å²) in [5.74, 6) is 0.782. The van der Waals surface area contributed by atoms with Crippen LogP contribution < -0.4 is 14.8 Å². The average Bonchev–Trinajstić information content (AvgIpc) is 3.38. The summed E-state index contributed by atoms with van der Waals surface area (Å²) < 4.78 is 12.2. The summed E-state index contributed by atoms with van der Waals surface area (Å²) in [5.41, 5.74) is 2.57. The minimum absolute atomic E-state index is 0.146. The highest BCUT2D eigenvalue weighted by molar-refractivity contribution is 6.32. The zero-order chi connectivity index (χ0) is 27.8. The molecule has 1 heterocycles. The molecule has 39 heavy (non-hydrogen) atoms. The van der Waals surface area contributed by atoms with Gasteiger partial charge < -0.3 is 19.7 Å². The summed E-state index contributed by atoms with van der Waals surface area (Å²) in [4.78, 5) is 28.4. The average molecular weight is 547 g/mol. The lowest BCUT2D eigenvalue weighted by atomic mass is 10.1. The summed E-state index contributed by atoms with van der Waals surface area (Å²) in [5, 5.41) is 8.16. The number of ether oxygens (including phenoxy) is 2. The monoisotopic (exact) mass is 546 g/mol. The molecule has 0 aliphatic heterocycles. The number of carbonyl (C=O) groups is 2. The molecule has 3 aromatic carbocycles. The Bertz CT molecular complexity index is 1420. The predicted octanol–water partition coefficient (Wildman–Crippen LogP) is 6.09. The van der Waals surface area contributed by atoms with E-state index in [9.17, 15) is 9.59 Å². The Hall–Kier alpha value is -4.30. The van der Waals surface area contributed by atoms with Crippen LogP contribution in [0, 0.1) is 0 Å². The van der Waals surface area contributed by atoms with Crippen molar-refractivity contribution in [2.75, 3.05) is 32.6 Å². The Morgan fingerprint density at radius 2 is 1.62 bits per heavy atom. The van der Waals surface area contributed by atoms with Crippen LogP contribution in [0.1, 0.15) is 30.1 Å². The molecule has 0 atom stereocenters. The second kappa shape index (κ2) is 13.0. The number of hydrogen-bond acceptors (Lipinski definition) is 5. The van der Waals surface area contributed by atoms with Crippen molar-refractivity contribution in [3.63, 3.8) is 0 Å². The van der Waals surface area contributed by atoms with E-state index in [1.54, 1.807) is 35.0 Å². The van der Waals surface area contributed by atoms with Gasteiger partial charge in [0.1, 0.15) is 23.9 Å². The number of benzene rings is 3. The quantitative estimate of drug-likeness (QED) is 0.246. The van der Waals surface area contributed by atoms with E-state index in [4.69, 9.17) is 26.2 Å². The molecule has 0 aliphatic rings. The molecule has 0 bridgehead atoms. The maximum Gasteiger partial charge on any atom is 0.254 e. The van der Waals surface area contributed by atoms with Gasteiger partial charge in [-0.15, -0.1) is 0 Å². The number of halogens is 1. The Kier molecular flexibility index (Phi) is 9.22. The van der Waals surface area contributed by atoms with Crippen molar-refractivity contribution in [1.29, 1.82) is 0 Å². The van der Waals surface area contributed by atoms with E-state index >= 15 is 0 Å². The zero-order valence-corrected chi connectivity index (χ0v) is 22.9. The molecule has 0 aliphatic carbocycles. The molecule has 0 saturated carbocycles. The number of aromatic nitrogens is 2. The van der Waals surface area contributed by atoms with E-state index in [0.717, 1.165) is 18.4 Å². The van der Waals surface area contributed by atoms with Gasteiger partial charge in [0.05, 0.1) is 30.6 Å². The molecule has 2 amide bonds. The van der Waals surface area contributed by atoms with Gasteiger partial charge in [0.15, 0.2) is 0 Å². The topological polar surface area (TPSA) is 85.7 Å². The normalized spacial score (nSPS) is 10.7. The predicted molar refractivity (Wildman–Crippen MR) is 153 cm³/mol. The van der Waals surface area contributed by atoms with Crippen molar-refractivity contribution < 1.29 is 19.1 Å². The Morgan fingerprint density at radius 3 is 2.26 bits per heavy atom. The molecular formula is C30H31ClN4O4. The number of para-hydroxylation sites is 1. The third-order valence-corrected chi connectivity index (χ3v) is 6.45. The number of rotatable bonds is 11. The van der Waals surface area contributed by atoms with Crippen molar-refractivity contribution in [1.82, 2.24) is 14.7 Å². The van der Waals surface area contributed by atoms with E-state index in [1.165, 1.54) is 19.1 Å². The first-order chi connectivity index (χ1) is 18.9. The van der Waals surface area contributed by atoms with Crippen LogP contribution in [0.5, 0.6) is 11.5 Å². The molecule has 0 fully saturated rings. The first kappa shape index (κ1) is 27.7. The Labute approximate surface area is 233 Å². The van der Waals surface area contributed by atoms with E-state index in [2.05, 4.69) is 5.32 Å². The van der Waals surface area contributed by atoms with Crippen LogP contribution in [0.2, 0.25) is 5.02 Å². The van der Waals surface area contributed by atoms with Crippen molar-refractivity contribution >= 4 is 29.2 Å². The van der Waals surface area contributed by atoms with Crippen molar-refractivity contribution in [3.05, 3.63) is 89.4 Å². The third kappa shape index (κ3) is 6.78. The molecule has 1 aromatic heterocycles. The zero-order valence-electron chi connectivity index (χ0n) is 22.2. The molecule has 0 saturated heterocycles. The molecule has 1 N–H and O–H groups in total. The molecule has 0 unspecified atom stereocenters. The molecular weight excluding hydrogens is 516 g/mol. The maximum atomic E-state index is 13.5. The summed E-state index contributed by atoms with van der Waals surface area (Å²) in [7, 11) is 3.05. The SMILES string of the molecule is CCCCN(CC(=O)Nc1cc(-c2ccccc2)nn1-c1ccccc1Cl)C(=O)c1cc(OC)cc(OC)c1. The number of carbonyl (C=O) groups excluding carboxylic acids is 2. The number of unbranched alkanes of at least 4 members (excludes halogenated alkanes) is 1. The molecule has 0 spiro atoms. The molecule has 4 rings (SSSR count). The van der Waals surface area contributed by atoms with Crippen LogP contribution in [0.4, 0.5) is 5.82 Å². The lowest BCUT2D eigenvalue weighted by Gasteiger charge is -2.23. The smallest absolute Gasteiger partial charge is 0.254 e. The summed E-state index contributed by atoms with van der Waals surface area (Å²) >= 11 is 6.48. The second-order valence-electron chi connectivity index (χ2n) is 8.87. The van der Waals surface area contributed by atoms with Gasteiger partial charge in [-0.05, 0) is 30.7 Å². The Balaban J connectivity index is 1.62. The number of nitrogens with one attached hydrogen (secondary N) is 1. The molecule has 0 radical (unpaired) electrons. The van der Waals surface area contributed by atoms with Crippen LogP contribution in [0.15, 0.2) is 78.9 Å². The minimum atomic E-state index is -0.359. The first-order valence-corrected chi connectivity index (χ1v) is 13.0. The van der Waals surface area contributed by atoms with Gasteiger partial charge in [-0.25, -0.2) is 4.68 Å². The van der Waals surface area contributed by atoms with Gasteiger partial charge in [0.2, 0.25) is 5.91 Å². The van der Waals surface area contributed by atoms with Crippen molar-refractivity contribution in [3.8, 4) is 28.4 Å². The fourth-order valence-corrected chi connectivity index (χ4v) is 4.31.